The minimum atomic E-state index is -0.309. The molecule has 1 heterocycles. The zero-order chi connectivity index (χ0) is 14.0. The van der Waals surface area contributed by atoms with Gasteiger partial charge >= 0.3 is 0 Å². The van der Waals surface area contributed by atoms with Crippen LogP contribution in [0.2, 0.25) is 0 Å². The van der Waals surface area contributed by atoms with E-state index in [1.807, 2.05) is 39.2 Å². The first kappa shape index (κ1) is 13.9. The fourth-order valence-electron chi connectivity index (χ4n) is 2.89. The summed E-state index contributed by atoms with van der Waals surface area (Å²) in [5.74, 6) is 0. The second-order valence-corrected chi connectivity index (χ2v) is 5.54. The third-order valence-corrected chi connectivity index (χ3v) is 3.61. The van der Waals surface area contributed by atoms with E-state index in [1.165, 1.54) is 0 Å². The lowest BCUT2D eigenvalue weighted by Crippen LogP contribution is -2.38. The molecule has 0 aliphatic carbocycles. The highest BCUT2D eigenvalue weighted by Gasteiger charge is 2.33. The summed E-state index contributed by atoms with van der Waals surface area (Å²) in [4.78, 5) is 4.32. The van der Waals surface area contributed by atoms with Crippen molar-refractivity contribution in [3.63, 3.8) is 0 Å². The number of rotatable bonds is 3. The van der Waals surface area contributed by atoms with Crippen molar-refractivity contribution in [2.75, 3.05) is 32.1 Å². The number of hydrogen-bond acceptors (Lipinski definition) is 4. The van der Waals surface area contributed by atoms with Crippen LogP contribution in [0.25, 0.3) is 0 Å². The van der Waals surface area contributed by atoms with E-state index in [1.54, 1.807) is 0 Å². The number of hydrogen-bond donors (Lipinski definition) is 1. The van der Waals surface area contributed by atoms with E-state index < -0.39 is 0 Å². The van der Waals surface area contributed by atoms with Crippen LogP contribution in [0.4, 0.5) is 5.69 Å². The van der Waals surface area contributed by atoms with E-state index in [0.29, 0.717) is 12.1 Å². The second kappa shape index (κ2) is 5.60. The average molecular weight is 259 g/mol. The molecule has 19 heavy (non-hydrogen) atoms. The Morgan fingerprint density at radius 1 is 1.47 bits per heavy atom. The first-order chi connectivity index (χ1) is 9.02. The normalized spacial score (nSPS) is 22.8. The van der Waals surface area contributed by atoms with Crippen LogP contribution >= 0.6 is 0 Å². The van der Waals surface area contributed by atoms with Crippen LogP contribution in [0, 0.1) is 18.3 Å². The minimum Gasteiger partial charge on any atom is -0.391 e. The topological polar surface area (TPSA) is 50.5 Å². The number of aliphatic hydroxyl groups excluding tert-OH is 1. The lowest BCUT2D eigenvalue weighted by Gasteiger charge is -2.30. The summed E-state index contributed by atoms with van der Waals surface area (Å²) in [6.45, 7) is 3.52. The first-order valence-corrected chi connectivity index (χ1v) is 6.62. The van der Waals surface area contributed by atoms with Crippen LogP contribution in [-0.4, -0.2) is 49.3 Å². The van der Waals surface area contributed by atoms with Gasteiger partial charge in [0.05, 0.1) is 17.4 Å². The van der Waals surface area contributed by atoms with E-state index in [4.69, 9.17) is 0 Å². The Bertz CT molecular complexity index is 493. The number of likely N-dealkylation sites (N-methyl/N-ethyl adjacent to an activating group) is 1. The van der Waals surface area contributed by atoms with Crippen LogP contribution in [-0.2, 0) is 0 Å². The van der Waals surface area contributed by atoms with Gasteiger partial charge in [-0.1, -0.05) is 12.1 Å². The summed E-state index contributed by atoms with van der Waals surface area (Å²) in [5.41, 5.74) is 2.77. The maximum absolute atomic E-state index is 9.96. The molecule has 0 amide bonds. The van der Waals surface area contributed by atoms with Gasteiger partial charge in [-0.05, 0) is 39.1 Å². The van der Waals surface area contributed by atoms with Gasteiger partial charge in [0.2, 0.25) is 0 Å². The van der Waals surface area contributed by atoms with E-state index >= 15 is 0 Å². The molecule has 1 aromatic carbocycles. The van der Waals surface area contributed by atoms with Gasteiger partial charge in [-0.25, -0.2) is 0 Å². The molecule has 1 aromatic rings. The molecule has 4 heteroatoms. The third kappa shape index (κ3) is 2.89. The van der Waals surface area contributed by atoms with Gasteiger partial charge in [-0.15, -0.1) is 0 Å². The Morgan fingerprint density at radius 2 is 2.21 bits per heavy atom. The van der Waals surface area contributed by atoms with E-state index in [2.05, 4.69) is 15.9 Å². The molecule has 2 rings (SSSR count). The van der Waals surface area contributed by atoms with Crippen molar-refractivity contribution >= 4 is 5.69 Å². The molecule has 0 saturated carbocycles. The number of nitrogens with zero attached hydrogens (tertiary/aromatic N) is 3. The van der Waals surface area contributed by atoms with Gasteiger partial charge in [0, 0.05) is 19.1 Å². The summed E-state index contributed by atoms with van der Waals surface area (Å²) >= 11 is 0. The van der Waals surface area contributed by atoms with Crippen LogP contribution in [0.15, 0.2) is 18.2 Å². The van der Waals surface area contributed by atoms with E-state index in [9.17, 15) is 10.4 Å². The number of benzene rings is 1. The smallest absolute Gasteiger partial charge is 0.101 e. The molecule has 0 spiro atoms. The summed E-state index contributed by atoms with van der Waals surface area (Å²) in [5, 5.41) is 19.2. The molecule has 4 nitrogen and oxygen atoms in total. The number of aliphatic hydroxyl groups is 1. The monoisotopic (exact) mass is 259 g/mol. The van der Waals surface area contributed by atoms with Crippen molar-refractivity contribution in [2.24, 2.45) is 0 Å². The van der Waals surface area contributed by atoms with Crippen molar-refractivity contribution in [2.45, 2.75) is 25.5 Å². The summed E-state index contributed by atoms with van der Waals surface area (Å²) in [6, 6.07) is 8.30. The van der Waals surface area contributed by atoms with Crippen LogP contribution in [0.5, 0.6) is 0 Å². The van der Waals surface area contributed by atoms with Crippen molar-refractivity contribution in [1.82, 2.24) is 4.90 Å². The average Bonchev–Trinajstić information content (AvgIpc) is 2.68. The molecule has 0 radical (unpaired) electrons. The standard InChI is InChI=1S/C15H21N3O/c1-11-5-4-6-12(8-16)15(11)18-10-14(19)7-13(18)9-17(2)3/h4-6,13-14,19H,7,9-10H2,1-3H3. The molecule has 2 atom stereocenters. The Morgan fingerprint density at radius 3 is 2.84 bits per heavy atom. The highest BCUT2D eigenvalue weighted by atomic mass is 16.3. The number of nitriles is 1. The highest BCUT2D eigenvalue weighted by molar-refractivity contribution is 5.65. The zero-order valence-corrected chi connectivity index (χ0v) is 11.8. The lowest BCUT2D eigenvalue weighted by atomic mass is 10.1. The Labute approximate surface area is 114 Å². The summed E-state index contributed by atoms with van der Waals surface area (Å²) in [7, 11) is 4.07. The van der Waals surface area contributed by atoms with Gasteiger partial charge < -0.3 is 14.9 Å². The van der Waals surface area contributed by atoms with Crippen molar-refractivity contribution in [3.05, 3.63) is 29.3 Å². The minimum absolute atomic E-state index is 0.262. The number of β-amino-alcohol motifs (C(OH)–C–C–N with tert-alkyl or cyclic N) is 1. The van der Waals surface area contributed by atoms with Gasteiger partial charge in [-0.3, -0.25) is 0 Å². The number of aryl methyl sites for hydroxylation is 1. The molecule has 102 valence electrons. The molecule has 0 bridgehead atoms. The largest absolute Gasteiger partial charge is 0.391 e. The predicted octanol–water partition coefficient (Wildman–Crippen LogP) is 1.37. The van der Waals surface area contributed by atoms with Crippen molar-refractivity contribution in [3.8, 4) is 6.07 Å². The molecule has 1 aliphatic heterocycles. The van der Waals surface area contributed by atoms with Crippen LogP contribution < -0.4 is 4.90 Å². The third-order valence-electron chi connectivity index (χ3n) is 3.61. The fourth-order valence-corrected chi connectivity index (χ4v) is 2.89. The Hall–Kier alpha value is -1.57. The molecular weight excluding hydrogens is 238 g/mol. The quantitative estimate of drug-likeness (QED) is 0.890. The van der Waals surface area contributed by atoms with Crippen LogP contribution in [0.1, 0.15) is 17.5 Å². The summed E-state index contributed by atoms with van der Waals surface area (Å²) < 4.78 is 0. The molecule has 1 saturated heterocycles. The van der Waals surface area contributed by atoms with E-state index in [0.717, 1.165) is 24.2 Å². The molecule has 2 unspecified atom stereocenters. The highest BCUT2D eigenvalue weighted by Crippen LogP contribution is 2.31. The van der Waals surface area contributed by atoms with Crippen molar-refractivity contribution in [1.29, 1.82) is 5.26 Å². The van der Waals surface area contributed by atoms with E-state index in [-0.39, 0.29) is 12.1 Å². The maximum atomic E-state index is 9.96. The zero-order valence-electron chi connectivity index (χ0n) is 11.8. The lowest BCUT2D eigenvalue weighted by molar-refractivity contribution is 0.191. The molecule has 0 aromatic heterocycles. The maximum Gasteiger partial charge on any atom is 0.101 e. The fraction of sp³-hybridized carbons (Fsp3) is 0.533. The Balaban J connectivity index is 2.37. The van der Waals surface area contributed by atoms with Gasteiger partial charge in [0.25, 0.3) is 0 Å². The number of anilines is 1. The van der Waals surface area contributed by atoms with Crippen molar-refractivity contribution < 1.29 is 5.11 Å². The molecule has 1 N–H and O–H groups in total. The Kier molecular flexibility index (Phi) is 4.08. The number of para-hydroxylation sites is 1. The SMILES string of the molecule is Cc1cccc(C#N)c1N1CC(O)CC1CN(C)C. The summed E-state index contributed by atoms with van der Waals surface area (Å²) in [6.07, 6.45) is 0.452. The van der Waals surface area contributed by atoms with Gasteiger partial charge in [-0.2, -0.15) is 5.26 Å². The second-order valence-electron chi connectivity index (χ2n) is 5.54. The van der Waals surface area contributed by atoms with Crippen LogP contribution in [0.3, 0.4) is 0 Å². The van der Waals surface area contributed by atoms with Gasteiger partial charge in [0.1, 0.15) is 6.07 Å². The van der Waals surface area contributed by atoms with Gasteiger partial charge in [0.15, 0.2) is 0 Å². The molecule has 1 aliphatic rings. The molecule has 1 fully saturated rings. The molecular formula is C15H21N3O. The first-order valence-electron chi connectivity index (χ1n) is 6.62. The predicted molar refractivity (Wildman–Crippen MR) is 76.2 cm³/mol.